The van der Waals surface area contributed by atoms with Gasteiger partial charge in [0.25, 0.3) is 11.8 Å². The number of anilines is 1. The molecule has 0 aromatic carbocycles. The number of rotatable bonds is 7. The van der Waals surface area contributed by atoms with Crippen molar-refractivity contribution in [3.05, 3.63) is 33.8 Å². The number of hydrogen-bond donors (Lipinski definition) is 2. The zero-order valence-corrected chi connectivity index (χ0v) is 18.3. The Balaban J connectivity index is 1.32. The minimum absolute atomic E-state index is 0.0229. The normalized spacial score (nSPS) is 13.1. The monoisotopic (exact) mass is 462 g/mol. The molecule has 156 valence electrons. The van der Waals surface area contributed by atoms with Crippen molar-refractivity contribution < 1.29 is 19.1 Å². The van der Waals surface area contributed by atoms with Gasteiger partial charge in [0, 0.05) is 10.3 Å². The summed E-state index contributed by atoms with van der Waals surface area (Å²) in [6.07, 6.45) is 5.17. The number of primary amides is 1. The molecule has 1 aliphatic rings. The van der Waals surface area contributed by atoms with Gasteiger partial charge in [-0.25, -0.2) is 9.97 Å². The molecule has 0 spiro atoms. The second-order valence-electron chi connectivity index (χ2n) is 6.60. The predicted molar refractivity (Wildman–Crippen MR) is 117 cm³/mol. The number of fused-ring (bicyclic) bond motifs is 2. The molecule has 8 nitrogen and oxygen atoms in total. The summed E-state index contributed by atoms with van der Waals surface area (Å²) in [5, 5.41) is 6.60. The molecule has 2 amide bonds. The lowest BCUT2D eigenvalue weighted by molar-refractivity contribution is -0.144. The lowest BCUT2D eigenvalue weighted by Gasteiger charge is -2.11. The van der Waals surface area contributed by atoms with Crippen molar-refractivity contribution >= 4 is 67.4 Å². The third kappa shape index (κ3) is 4.47. The Kier molecular flexibility index (Phi) is 6.30. The number of ether oxygens (including phenoxy) is 1. The largest absolute Gasteiger partial charge is 0.455 e. The number of hydrogen-bond acceptors (Lipinski definition) is 9. The minimum atomic E-state index is -0.553. The van der Waals surface area contributed by atoms with Crippen molar-refractivity contribution in [1.82, 2.24) is 9.97 Å². The Morgan fingerprint density at radius 2 is 2.07 bits per heavy atom. The van der Waals surface area contributed by atoms with Crippen LogP contribution in [0, 0.1) is 0 Å². The van der Waals surface area contributed by atoms with Crippen LogP contribution in [-0.2, 0) is 27.2 Å². The molecule has 3 aromatic rings. The molecule has 0 radical (unpaired) electrons. The van der Waals surface area contributed by atoms with Crippen molar-refractivity contribution in [1.29, 1.82) is 0 Å². The van der Waals surface area contributed by atoms with E-state index in [0.717, 1.165) is 46.3 Å². The average molecular weight is 463 g/mol. The molecule has 0 aliphatic heterocycles. The van der Waals surface area contributed by atoms with Crippen LogP contribution in [-0.4, -0.2) is 40.1 Å². The molecule has 1 aliphatic carbocycles. The molecule has 4 rings (SSSR count). The summed E-state index contributed by atoms with van der Waals surface area (Å²) in [6.45, 7) is -0.433. The van der Waals surface area contributed by atoms with Crippen LogP contribution in [0.1, 0.15) is 33.6 Å². The summed E-state index contributed by atoms with van der Waals surface area (Å²) >= 11 is 4.10. The lowest BCUT2D eigenvalue weighted by Crippen LogP contribution is -2.23. The molecule has 0 fully saturated rings. The van der Waals surface area contributed by atoms with Crippen LogP contribution in [0.15, 0.2) is 22.8 Å². The highest BCUT2D eigenvalue weighted by Crippen LogP contribution is 2.37. The molecule has 0 saturated carbocycles. The summed E-state index contributed by atoms with van der Waals surface area (Å²) in [5.41, 5.74) is 6.85. The Labute approximate surface area is 184 Å². The van der Waals surface area contributed by atoms with Gasteiger partial charge in [0.2, 0.25) is 0 Å². The second-order valence-corrected chi connectivity index (χ2v) is 9.56. The van der Waals surface area contributed by atoms with E-state index in [-0.39, 0.29) is 5.75 Å². The van der Waals surface area contributed by atoms with E-state index in [1.165, 1.54) is 40.8 Å². The molecule has 0 saturated heterocycles. The maximum atomic E-state index is 12.3. The molecule has 11 heteroatoms. The standard InChI is InChI=1S/C19H18N4O4S3/c20-16(26)15-10-3-1-2-4-12(10)30-19(15)23-13(24)7-27-14(25)8-29-18-11-5-6-28-17(11)21-9-22-18/h5-6,9H,1-4,7-8H2,(H2,20,26)(H,23,24). The average Bonchev–Trinajstić information content (AvgIpc) is 3.34. The van der Waals surface area contributed by atoms with Crippen LogP contribution in [0.2, 0.25) is 0 Å². The molecular weight excluding hydrogens is 444 g/mol. The van der Waals surface area contributed by atoms with Gasteiger partial charge in [-0.3, -0.25) is 14.4 Å². The third-order valence-corrected chi connectivity index (χ3v) is 7.59. The number of esters is 1. The fraction of sp³-hybridized carbons (Fsp3) is 0.316. The summed E-state index contributed by atoms with van der Waals surface area (Å²) in [5.74, 6) is -1.56. The first-order valence-corrected chi connectivity index (χ1v) is 11.9. The molecular formula is C19H18N4O4S3. The highest BCUT2D eigenvalue weighted by Gasteiger charge is 2.25. The number of carbonyl (C=O) groups is 3. The van der Waals surface area contributed by atoms with Gasteiger partial charge in [-0.2, -0.15) is 0 Å². The number of nitrogens with two attached hydrogens (primary N) is 1. The number of amides is 2. The van der Waals surface area contributed by atoms with Crippen LogP contribution in [0.4, 0.5) is 5.00 Å². The van der Waals surface area contributed by atoms with Crippen LogP contribution in [0.3, 0.4) is 0 Å². The molecule has 0 atom stereocenters. The minimum Gasteiger partial charge on any atom is -0.455 e. The molecule has 3 N–H and O–H groups in total. The topological polar surface area (TPSA) is 124 Å². The summed E-state index contributed by atoms with van der Waals surface area (Å²) < 4.78 is 5.07. The van der Waals surface area contributed by atoms with Crippen LogP contribution < -0.4 is 11.1 Å². The summed E-state index contributed by atoms with van der Waals surface area (Å²) in [6, 6.07) is 1.90. The number of aromatic nitrogens is 2. The maximum absolute atomic E-state index is 12.3. The summed E-state index contributed by atoms with van der Waals surface area (Å²) in [4.78, 5) is 46.5. The summed E-state index contributed by atoms with van der Waals surface area (Å²) in [7, 11) is 0. The van der Waals surface area contributed by atoms with E-state index in [9.17, 15) is 14.4 Å². The van der Waals surface area contributed by atoms with Gasteiger partial charge >= 0.3 is 5.97 Å². The zero-order chi connectivity index (χ0) is 21.1. The zero-order valence-electron chi connectivity index (χ0n) is 15.8. The van der Waals surface area contributed by atoms with E-state index in [1.807, 2.05) is 11.4 Å². The smallest absolute Gasteiger partial charge is 0.316 e. The quantitative estimate of drug-likeness (QED) is 0.314. The predicted octanol–water partition coefficient (Wildman–Crippen LogP) is 3.00. The van der Waals surface area contributed by atoms with Crippen molar-refractivity contribution in [3.63, 3.8) is 0 Å². The van der Waals surface area contributed by atoms with Crippen LogP contribution in [0.25, 0.3) is 10.2 Å². The number of aryl methyl sites for hydroxylation is 1. The number of thiophene rings is 2. The Morgan fingerprint density at radius 3 is 2.90 bits per heavy atom. The van der Waals surface area contributed by atoms with Gasteiger partial charge in [0.05, 0.1) is 11.3 Å². The number of nitrogens with one attached hydrogen (secondary N) is 1. The Bertz CT molecular complexity index is 1120. The highest BCUT2D eigenvalue weighted by atomic mass is 32.2. The molecule has 3 aromatic heterocycles. The number of nitrogens with zero attached hydrogens (tertiary/aromatic N) is 2. The van der Waals surface area contributed by atoms with Gasteiger partial charge in [0.15, 0.2) is 6.61 Å². The van der Waals surface area contributed by atoms with Crippen molar-refractivity contribution in [2.75, 3.05) is 17.7 Å². The molecule has 3 heterocycles. The first-order valence-electron chi connectivity index (χ1n) is 9.23. The van der Waals surface area contributed by atoms with Gasteiger partial charge in [-0.05, 0) is 42.7 Å². The van der Waals surface area contributed by atoms with Crippen molar-refractivity contribution in [2.24, 2.45) is 5.73 Å². The molecule has 30 heavy (non-hydrogen) atoms. The van der Waals surface area contributed by atoms with Gasteiger partial charge in [-0.15, -0.1) is 22.7 Å². The molecule has 0 bridgehead atoms. The first-order chi connectivity index (χ1) is 14.5. The maximum Gasteiger partial charge on any atom is 0.316 e. The van der Waals surface area contributed by atoms with Crippen molar-refractivity contribution in [3.8, 4) is 0 Å². The second kappa shape index (κ2) is 9.11. The van der Waals surface area contributed by atoms with E-state index in [2.05, 4.69) is 15.3 Å². The van der Waals surface area contributed by atoms with E-state index in [0.29, 0.717) is 15.6 Å². The highest BCUT2D eigenvalue weighted by molar-refractivity contribution is 8.00. The third-order valence-electron chi connectivity index (χ3n) is 4.59. The van der Waals surface area contributed by atoms with Crippen LogP contribution in [0.5, 0.6) is 0 Å². The van der Waals surface area contributed by atoms with Gasteiger partial charge in [0.1, 0.15) is 21.2 Å². The van der Waals surface area contributed by atoms with E-state index in [4.69, 9.17) is 10.5 Å². The van der Waals surface area contributed by atoms with Crippen LogP contribution >= 0.6 is 34.4 Å². The number of carbonyl (C=O) groups excluding carboxylic acids is 3. The SMILES string of the molecule is NC(=O)c1c(NC(=O)COC(=O)CSc2ncnc3sccc23)sc2c1CCCC2. The van der Waals surface area contributed by atoms with Gasteiger partial charge < -0.3 is 15.8 Å². The van der Waals surface area contributed by atoms with E-state index >= 15 is 0 Å². The fourth-order valence-electron chi connectivity index (χ4n) is 3.27. The van der Waals surface area contributed by atoms with E-state index in [1.54, 1.807) is 0 Å². The fourth-order valence-corrected chi connectivity index (χ4v) is 6.16. The van der Waals surface area contributed by atoms with E-state index < -0.39 is 24.4 Å². The molecule has 0 unspecified atom stereocenters. The Morgan fingerprint density at radius 1 is 1.23 bits per heavy atom. The number of thioether (sulfide) groups is 1. The van der Waals surface area contributed by atoms with Gasteiger partial charge in [-0.1, -0.05) is 11.8 Å². The lowest BCUT2D eigenvalue weighted by atomic mass is 9.95. The first kappa shape index (κ1) is 20.8. The van der Waals surface area contributed by atoms with Crippen molar-refractivity contribution in [2.45, 2.75) is 30.7 Å². The Hall–Kier alpha value is -2.50.